The van der Waals surface area contributed by atoms with E-state index in [4.69, 9.17) is 0 Å². The van der Waals surface area contributed by atoms with Gasteiger partial charge in [-0.2, -0.15) is 5.10 Å². The standard InChI is InChI=1S/C22H26N4O2/c27-20(25-18-2-4-19(5-3-18)26-7-1-6-24-26)13-23-22(28)21-16-9-14-8-15(11-16)12-17(21)10-14/h1-7,14-17,21H,8-13H2,(H,23,28)(H,25,27). The first-order valence-electron chi connectivity index (χ1n) is 10.3. The Labute approximate surface area is 164 Å². The van der Waals surface area contributed by atoms with Gasteiger partial charge in [0.1, 0.15) is 0 Å². The van der Waals surface area contributed by atoms with Crippen molar-refractivity contribution in [2.24, 2.45) is 29.6 Å². The average molecular weight is 378 g/mol. The molecule has 4 aliphatic carbocycles. The van der Waals surface area contributed by atoms with Crippen molar-refractivity contribution < 1.29 is 9.59 Å². The number of nitrogens with one attached hydrogen (secondary N) is 2. The van der Waals surface area contributed by atoms with Gasteiger partial charge in [-0.15, -0.1) is 0 Å². The number of rotatable bonds is 5. The van der Waals surface area contributed by atoms with E-state index in [1.54, 1.807) is 10.9 Å². The van der Waals surface area contributed by atoms with Crippen LogP contribution < -0.4 is 10.6 Å². The molecule has 28 heavy (non-hydrogen) atoms. The van der Waals surface area contributed by atoms with Gasteiger partial charge in [0.25, 0.3) is 0 Å². The summed E-state index contributed by atoms with van der Waals surface area (Å²) in [4.78, 5) is 25.0. The maximum absolute atomic E-state index is 12.8. The summed E-state index contributed by atoms with van der Waals surface area (Å²) in [6, 6.07) is 9.34. The molecule has 2 aromatic rings. The predicted molar refractivity (Wildman–Crippen MR) is 106 cm³/mol. The Hall–Kier alpha value is -2.63. The molecular formula is C22H26N4O2. The summed E-state index contributed by atoms with van der Waals surface area (Å²) < 4.78 is 1.76. The summed E-state index contributed by atoms with van der Waals surface area (Å²) in [5.74, 6) is 2.78. The minimum absolute atomic E-state index is 0.0303. The van der Waals surface area contributed by atoms with Crippen LogP contribution in [-0.2, 0) is 9.59 Å². The molecule has 0 unspecified atom stereocenters. The first-order valence-corrected chi connectivity index (χ1v) is 10.3. The molecule has 4 saturated carbocycles. The third kappa shape index (κ3) is 3.32. The minimum atomic E-state index is -0.191. The molecule has 0 spiro atoms. The molecule has 4 fully saturated rings. The number of anilines is 1. The van der Waals surface area contributed by atoms with E-state index in [0.29, 0.717) is 17.5 Å². The van der Waals surface area contributed by atoms with Crippen molar-refractivity contribution in [3.05, 3.63) is 42.7 Å². The lowest BCUT2D eigenvalue weighted by atomic mass is 9.51. The second-order valence-electron chi connectivity index (χ2n) is 8.72. The maximum Gasteiger partial charge on any atom is 0.243 e. The number of carbonyl (C=O) groups is 2. The Morgan fingerprint density at radius 1 is 1.00 bits per heavy atom. The summed E-state index contributed by atoms with van der Waals surface area (Å²) in [5, 5.41) is 9.94. The Bertz CT molecular complexity index is 831. The zero-order valence-electron chi connectivity index (χ0n) is 15.9. The molecule has 0 atom stereocenters. The van der Waals surface area contributed by atoms with E-state index in [-0.39, 0.29) is 24.3 Å². The summed E-state index contributed by atoms with van der Waals surface area (Å²) in [7, 11) is 0. The van der Waals surface area contributed by atoms with Crippen molar-refractivity contribution in [1.82, 2.24) is 15.1 Å². The zero-order chi connectivity index (χ0) is 19.1. The lowest BCUT2D eigenvalue weighted by molar-refractivity contribution is -0.139. The fourth-order valence-electron chi connectivity index (χ4n) is 5.96. The van der Waals surface area contributed by atoms with Crippen LogP contribution in [-0.4, -0.2) is 28.1 Å². The molecule has 2 amide bonds. The van der Waals surface area contributed by atoms with Gasteiger partial charge in [-0.1, -0.05) is 0 Å². The van der Waals surface area contributed by atoms with E-state index in [0.717, 1.165) is 17.5 Å². The predicted octanol–water partition coefficient (Wildman–Crippen LogP) is 3.00. The normalized spacial score (nSPS) is 30.2. The smallest absolute Gasteiger partial charge is 0.243 e. The van der Waals surface area contributed by atoms with Crippen molar-refractivity contribution in [1.29, 1.82) is 0 Å². The van der Waals surface area contributed by atoms with Gasteiger partial charge in [-0.3, -0.25) is 9.59 Å². The highest BCUT2D eigenvalue weighted by Crippen LogP contribution is 2.56. The summed E-state index contributed by atoms with van der Waals surface area (Å²) in [6.45, 7) is 0.0303. The van der Waals surface area contributed by atoms with Crippen LogP contribution >= 0.6 is 0 Å². The van der Waals surface area contributed by atoms with Crippen LogP contribution in [0.3, 0.4) is 0 Å². The molecule has 0 aliphatic heterocycles. The van der Waals surface area contributed by atoms with Gasteiger partial charge >= 0.3 is 0 Å². The zero-order valence-corrected chi connectivity index (χ0v) is 15.9. The monoisotopic (exact) mass is 378 g/mol. The number of nitrogens with zero attached hydrogens (tertiary/aromatic N) is 2. The molecule has 0 saturated heterocycles. The van der Waals surface area contributed by atoms with Crippen molar-refractivity contribution in [3.63, 3.8) is 0 Å². The average Bonchev–Trinajstić information content (AvgIpc) is 3.21. The Kier molecular flexibility index (Phi) is 4.41. The highest BCUT2D eigenvalue weighted by atomic mass is 16.2. The van der Waals surface area contributed by atoms with Gasteiger partial charge in [0.15, 0.2) is 0 Å². The minimum Gasteiger partial charge on any atom is -0.347 e. The molecule has 6 nitrogen and oxygen atoms in total. The lowest BCUT2D eigenvalue weighted by Gasteiger charge is -2.53. The van der Waals surface area contributed by atoms with E-state index in [1.807, 2.05) is 36.5 Å². The fourth-order valence-corrected chi connectivity index (χ4v) is 5.96. The largest absolute Gasteiger partial charge is 0.347 e. The summed E-state index contributed by atoms with van der Waals surface area (Å²) in [5.41, 5.74) is 1.64. The topological polar surface area (TPSA) is 76.0 Å². The van der Waals surface area contributed by atoms with E-state index in [1.165, 1.54) is 32.1 Å². The van der Waals surface area contributed by atoms with Gasteiger partial charge < -0.3 is 10.6 Å². The highest BCUT2D eigenvalue weighted by Gasteiger charge is 2.50. The van der Waals surface area contributed by atoms with Crippen LogP contribution in [0.4, 0.5) is 5.69 Å². The van der Waals surface area contributed by atoms with Crippen LogP contribution in [0.2, 0.25) is 0 Å². The van der Waals surface area contributed by atoms with E-state index < -0.39 is 0 Å². The molecular weight excluding hydrogens is 352 g/mol. The third-order valence-corrected chi connectivity index (χ3v) is 6.87. The molecule has 2 N–H and O–H groups in total. The number of benzene rings is 1. The first-order chi connectivity index (χ1) is 13.7. The fraction of sp³-hybridized carbons (Fsp3) is 0.500. The van der Waals surface area contributed by atoms with Gasteiger partial charge in [0, 0.05) is 24.0 Å². The number of aromatic nitrogens is 2. The molecule has 1 aromatic heterocycles. The van der Waals surface area contributed by atoms with Gasteiger partial charge in [0.05, 0.1) is 12.2 Å². The van der Waals surface area contributed by atoms with Crippen LogP contribution in [0, 0.1) is 29.6 Å². The van der Waals surface area contributed by atoms with Crippen LogP contribution in [0.5, 0.6) is 0 Å². The second kappa shape index (κ2) is 7.08. The van der Waals surface area contributed by atoms with Gasteiger partial charge in [-0.25, -0.2) is 4.68 Å². The van der Waals surface area contributed by atoms with Crippen molar-refractivity contribution in [3.8, 4) is 5.69 Å². The number of hydrogen-bond donors (Lipinski definition) is 2. The molecule has 1 heterocycles. The quantitative estimate of drug-likeness (QED) is 0.840. The van der Waals surface area contributed by atoms with Gasteiger partial charge in [0.2, 0.25) is 11.8 Å². The maximum atomic E-state index is 12.8. The second-order valence-corrected chi connectivity index (χ2v) is 8.72. The van der Waals surface area contributed by atoms with Crippen LogP contribution in [0.1, 0.15) is 32.1 Å². The Morgan fingerprint density at radius 2 is 1.68 bits per heavy atom. The van der Waals surface area contributed by atoms with Crippen molar-refractivity contribution in [2.75, 3.05) is 11.9 Å². The lowest BCUT2D eigenvalue weighted by Crippen LogP contribution is -2.51. The van der Waals surface area contributed by atoms with Crippen LogP contribution in [0.25, 0.3) is 5.69 Å². The van der Waals surface area contributed by atoms with E-state index in [9.17, 15) is 9.59 Å². The Balaban J connectivity index is 1.14. The van der Waals surface area contributed by atoms with E-state index in [2.05, 4.69) is 15.7 Å². The van der Waals surface area contributed by atoms with Crippen molar-refractivity contribution >= 4 is 17.5 Å². The SMILES string of the molecule is O=C(CNC(=O)C1C2CC3CC(C2)CC1C3)Nc1ccc(-n2cccn2)cc1. The molecule has 4 bridgehead atoms. The Morgan fingerprint density at radius 3 is 2.29 bits per heavy atom. The number of amides is 2. The highest BCUT2D eigenvalue weighted by molar-refractivity contribution is 5.95. The first kappa shape index (κ1) is 17.5. The third-order valence-electron chi connectivity index (χ3n) is 6.87. The molecule has 146 valence electrons. The molecule has 4 aliphatic rings. The summed E-state index contributed by atoms with van der Waals surface area (Å²) in [6.07, 6.45) is 9.80. The molecule has 1 aromatic carbocycles. The van der Waals surface area contributed by atoms with Crippen LogP contribution in [0.15, 0.2) is 42.7 Å². The van der Waals surface area contributed by atoms with Crippen molar-refractivity contribution in [2.45, 2.75) is 32.1 Å². The molecule has 6 heteroatoms. The van der Waals surface area contributed by atoms with E-state index >= 15 is 0 Å². The number of carbonyl (C=O) groups excluding carboxylic acids is 2. The molecule has 6 rings (SSSR count). The summed E-state index contributed by atoms with van der Waals surface area (Å²) >= 11 is 0. The number of hydrogen-bond acceptors (Lipinski definition) is 3. The van der Waals surface area contributed by atoms with Gasteiger partial charge in [-0.05, 0) is 86.1 Å². The molecule has 0 radical (unpaired) electrons.